The predicted molar refractivity (Wildman–Crippen MR) is 95.4 cm³/mol. The van der Waals surface area contributed by atoms with Gasteiger partial charge in [-0.25, -0.2) is 4.79 Å². The fourth-order valence-corrected chi connectivity index (χ4v) is 2.44. The first-order chi connectivity index (χ1) is 11.7. The second kappa shape index (κ2) is 8.84. The van der Waals surface area contributed by atoms with Gasteiger partial charge in [0, 0.05) is 13.7 Å². The number of methoxy groups -OCH3 is 1. The van der Waals surface area contributed by atoms with Gasteiger partial charge < -0.3 is 9.53 Å². The molecule has 5 nitrogen and oxygen atoms in total. The third-order valence-electron chi connectivity index (χ3n) is 3.65. The zero-order valence-electron chi connectivity index (χ0n) is 14.0. The molecule has 3 aromatic rings. The van der Waals surface area contributed by atoms with Crippen LogP contribution in [0, 0.1) is 0 Å². The van der Waals surface area contributed by atoms with E-state index in [2.05, 4.69) is 4.74 Å². The van der Waals surface area contributed by atoms with Crippen LogP contribution in [0.5, 0.6) is 0 Å². The largest absolute Gasteiger partial charge is 0.385 e. The Labute approximate surface area is 141 Å². The lowest BCUT2D eigenvalue weighted by molar-refractivity contribution is -0.108. The number of nitrogens with zero attached hydrogens (tertiary/aromatic N) is 2. The monoisotopic (exact) mass is 326 g/mol. The Morgan fingerprint density at radius 2 is 1.50 bits per heavy atom. The van der Waals surface area contributed by atoms with Crippen LogP contribution in [0.3, 0.4) is 0 Å². The highest BCUT2D eigenvalue weighted by Gasteiger charge is 2.12. The van der Waals surface area contributed by atoms with Gasteiger partial charge in [-0.15, -0.1) is 0 Å². The van der Waals surface area contributed by atoms with Crippen LogP contribution >= 0.6 is 0 Å². The highest BCUT2D eigenvalue weighted by molar-refractivity contribution is 5.77. The van der Waals surface area contributed by atoms with E-state index in [1.165, 1.54) is 4.57 Å². The summed E-state index contributed by atoms with van der Waals surface area (Å²) in [5, 5.41) is 0. The molecule has 5 heteroatoms. The van der Waals surface area contributed by atoms with Crippen LogP contribution in [0.15, 0.2) is 59.4 Å². The molecule has 1 heterocycles. The normalized spacial score (nSPS) is 10.2. The number of fused-ring (bicyclic) bond motifs is 1. The predicted octanol–water partition coefficient (Wildman–Crippen LogP) is 2.70. The molecule has 0 aliphatic heterocycles. The SMILES string of the molecule is CCOC.O=CCn1c(=O)n(Cc2ccccc2)c2ccccc21. The van der Waals surface area contributed by atoms with Crippen LogP contribution in [0.2, 0.25) is 0 Å². The molecule has 3 rings (SSSR count). The molecule has 1 aromatic heterocycles. The lowest BCUT2D eigenvalue weighted by atomic mass is 10.2. The van der Waals surface area contributed by atoms with E-state index in [-0.39, 0.29) is 12.2 Å². The van der Waals surface area contributed by atoms with Gasteiger partial charge in [-0.3, -0.25) is 9.13 Å². The van der Waals surface area contributed by atoms with Crippen molar-refractivity contribution in [2.75, 3.05) is 13.7 Å². The van der Waals surface area contributed by atoms with Crippen LogP contribution in [-0.2, 0) is 22.6 Å². The van der Waals surface area contributed by atoms with Gasteiger partial charge in [0.1, 0.15) is 6.29 Å². The molecule has 0 N–H and O–H groups in total. The van der Waals surface area contributed by atoms with Gasteiger partial charge in [0.05, 0.1) is 24.1 Å². The number of para-hydroxylation sites is 2. The lowest BCUT2D eigenvalue weighted by Gasteiger charge is -2.03. The summed E-state index contributed by atoms with van der Waals surface area (Å²) in [6, 6.07) is 17.3. The van der Waals surface area contributed by atoms with Crippen molar-refractivity contribution in [3.8, 4) is 0 Å². The molecule has 0 aliphatic rings. The second-order valence-corrected chi connectivity index (χ2v) is 5.20. The van der Waals surface area contributed by atoms with Crippen molar-refractivity contribution in [1.29, 1.82) is 0 Å². The van der Waals surface area contributed by atoms with Crippen molar-refractivity contribution in [1.82, 2.24) is 9.13 Å². The second-order valence-electron chi connectivity index (χ2n) is 5.20. The first kappa shape index (κ1) is 17.7. The number of benzene rings is 2. The fourth-order valence-electron chi connectivity index (χ4n) is 2.44. The average molecular weight is 326 g/mol. The van der Waals surface area contributed by atoms with Crippen molar-refractivity contribution >= 4 is 17.3 Å². The van der Waals surface area contributed by atoms with E-state index in [1.54, 1.807) is 11.7 Å². The summed E-state index contributed by atoms with van der Waals surface area (Å²) < 4.78 is 7.75. The van der Waals surface area contributed by atoms with Gasteiger partial charge in [-0.1, -0.05) is 42.5 Å². The Kier molecular flexibility index (Phi) is 6.51. The van der Waals surface area contributed by atoms with Crippen molar-refractivity contribution < 1.29 is 9.53 Å². The molecule has 0 saturated heterocycles. The smallest absolute Gasteiger partial charge is 0.329 e. The number of rotatable bonds is 5. The minimum Gasteiger partial charge on any atom is -0.385 e. The summed E-state index contributed by atoms with van der Waals surface area (Å²) >= 11 is 0. The van der Waals surface area contributed by atoms with E-state index >= 15 is 0 Å². The van der Waals surface area contributed by atoms with E-state index in [0.717, 1.165) is 29.5 Å². The standard InChI is InChI=1S/C16H14N2O2.C3H8O/c19-11-10-17-14-8-4-5-9-15(14)18(16(17)20)12-13-6-2-1-3-7-13;1-3-4-2/h1-9,11H,10,12H2;3H2,1-2H3. The molecule has 24 heavy (non-hydrogen) atoms. The van der Waals surface area contributed by atoms with E-state index in [0.29, 0.717) is 6.54 Å². The van der Waals surface area contributed by atoms with Crippen molar-refractivity contribution in [2.24, 2.45) is 0 Å². The van der Waals surface area contributed by atoms with Gasteiger partial charge in [0.25, 0.3) is 0 Å². The molecule has 0 unspecified atom stereocenters. The van der Waals surface area contributed by atoms with Gasteiger partial charge in [-0.05, 0) is 24.6 Å². The van der Waals surface area contributed by atoms with E-state index in [1.807, 2.05) is 61.5 Å². The lowest BCUT2D eigenvalue weighted by Crippen LogP contribution is -2.25. The van der Waals surface area contributed by atoms with Crippen LogP contribution in [-0.4, -0.2) is 29.1 Å². The minimum absolute atomic E-state index is 0.0845. The quantitative estimate of drug-likeness (QED) is 0.677. The van der Waals surface area contributed by atoms with Gasteiger partial charge >= 0.3 is 5.69 Å². The minimum atomic E-state index is -0.151. The van der Waals surface area contributed by atoms with E-state index in [9.17, 15) is 9.59 Å². The molecule has 0 saturated carbocycles. The van der Waals surface area contributed by atoms with E-state index in [4.69, 9.17) is 0 Å². The Hall–Kier alpha value is -2.66. The van der Waals surface area contributed by atoms with Crippen LogP contribution in [0.1, 0.15) is 12.5 Å². The number of carbonyl (C=O) groups excluding carboxylic acids is 1. The average Bonchev–Trinajstić information content (AvgIpc) is 2.89. The van der Waals surface area contributed by atoms with E-state index < -0.39 is 0 Å². The molecule has 0 radical (unpaired) electrons. The maximum absolute atomic E-state index is 12.4. The zero-order valence-corrected chi connectivity index (χ0v) is 14.0. The Bertz CT molecular complexity index is 833. The summed E-state index contributed by atoms with van der Waals surface area (Å²) in [7, 11) is 1.68. The van der Waals surface area contributed by atoms with Gasteiger partial charge in [-0.2, -0.15) is 0 Å². The molecule has 0 atom stereocenters. The summed E-state index contributed by atoms with van der Waals surface area (Å²) in [6.45, 7) is 3.37. The molecule has 2 aromatic carbocycles. The molecule has 0 bridgehead atoms. The molecular weight excluding hydrogens is 304 g/mol. The maximum atomic E-state index is 12.4. The topological polar surface area (TPSA) is 53.2 Å². The van der Waals surface area contributed by atoms with Crippen LogP contribution in [0.4, 0.5) is 0 Å². The molecular formula is C19H22N2O3. The maximum Gasteiger partial charge on any atom is 0.329 e. The third kappa shape index (κ3) is 4.00. The van der Waals surface area contributed by atoms with Gasteiger partial charge in [0.15, 0.2) is 0 Å². The Morgan fingerprint density at radius 3 is 2.04 bits per heavy atom. The fraction of sp³-hybridized carbons (Fsp3) is 0.263. The highest BCUT2D eigenvalue weighted by Crippen LogP contribution is 2.14. The number of ether oxygens (including phenoxy) is 1. The molecule has 0 amide bonds. The molecule has 0 fully saturated rings. The highest BCUT2D eigenvalue weighted by atomic mass is 16.5. The number of imidazole rings is 1. The molecule has 126 valence electrons. The third-order valence-corrected chi connectivity index (χ3v) is 3.65. The zero-order chi connectivity index (χ0) is 17.4. The van der Waals surface area contributed by atoms with Crippen molar-refractivity contribution in [2.45, 2.75) is 20.0 Å². The number of hydrogen-bond donors (Lipinski definition) is 0. The first-order valence-electron chi connectivity index (χ1n) is 7.87. The number of aldehydes is 1. The summed E-state index contributed by atoms with van der Waals surface area (Å²) in [4.78, 5) is 23.2. The Balaban J connectivity index is 0.000000471. The van der Waals surface area contributed by atoms with Crippen LogP contribution < -0.4 is 5.69 Å². The number of aromatic nitrogens is 2. The first-order valence-corrected chi connectivity index (χ1v) is 7.87. The summed E-state index contributed by atoms with van der Waals surface area (Å²) in [5.74, 6) is 0. The van der Waals surface area contributed by atoms with Crippen molar-refractivity contribution in [3.63, 3.8) is 0 Å². The number of carbonyl (C=O) groups is 1. The summed E-state index contributed by atoms with van der Waals surface area (Å²) in [5.41, 5.74) is 2.55. The Morgan fingerprint density at radius 1 is 0.958 bits per heavy atom. The molecule has 0 aliphatic carbocycles. The number of hydrogen-bond acceptors (Lipinski definition) is 3. The van der Waals surface area contributed by atoms with Gasteiger partial charge in [0.2, 0.25) is 0 Å². The molecule has 0 spiro atoms. The summed E-state index contributed by atoms with van der Waals surface area (Å²) in [6.07, 6.45) is 0.751. The van der Waals surface area contributed by atoms with Crippen molar-refractivity contribution in [3.05, 3.63) is 70.6 Å². The van der Waals surface area contributed by atoms with Crippen LogP contribution in [0.25, 0.3) is 11.0 Å².